The summed E-state index contributed by atoms with van der Waals surface area (Å²) >= 11 is 0. The Kier molecular flexibility index (Phi) is 9.25. The van der Waals surface area contributed by atoms with E-state index in [1.165, 1.54) is 0 Å². The lowest BCUT2D eigenvalue weighted by Gasteiger charge is -2.35. The minimum absolute atomic E-state index is 0.0972. The summed E-state index contributed by atoms with van der Waals surface area (Å²) in [4.78, 5) is 42.8. The second kappa shape index (κ2) is 12.8. The number of nitrogens with zero attached hydrogens (tertiary/aromatic N) is 1. The van der Waals surface area contributed by atoms with E-state index in [4.69, 9.17) is 4.74 Å². The number of ether oxygens (including phenoxy) is 1. The molecule has 210 valence electrons. The van der Waals surface area contributed by atoms with Crippen molar-refractivity contribution in [2.45, 2.75) is 77.2 Å². The van der Waals surface area contributed by atoms with Crippen LogP contribution >= 0.6 is 0 Å². The Balaban J connectivity index is 1.66. The number of hydrogen-bond acceptors (Lipinski definition) is 4. The van der Waals surface area contributed by atoms with Gasteiger partial charge in [0.1, 0.15) is 17.7 Å². The number of alkyl carbamates (subject to hydrolysis) is 1. The molecule has 3 amide bonds. The molecule has 1 aliphatic carbocycles. The summed E-state index contributed by atoms with van der Waals surface area (Å²) in [6.45, 7) is 7.67. The number of carbonyl (C=O) groups excluding carboxylic acids is 3. The van der Waals surface area contributed by atoms with Crippen LogP contribution in [0.1, 0.15) is 61.9 Å². The number of carbonyl (C=O) groups is 3. The highest BCUT2D eigenvalue weighted by Gasteiger charge is 2.44. The molecule has 1 saturated carbocycles. The number of hydrogen-bond donors (Lipinski definition) is 2. The van der Waals surface area contributed by atoms with Gasteiger partial charge in [-0.3, -0.25) is 9.59 Å². The van der Waals surface area contributed by atoms with Crippen LogP contribution < -0.4 is 10.6 Å². The van der Waals surface area contributed by atoms with E-state index < -0.39 is 23.8 Å². The molecule has 40 heavy (non-hydrogen) atoms. The van der Waals surface area contributed by atoms with E-state index in [0.29, 0.717) is 6.54 Å². The van der Waals surface area contributed by atoms with Crippen molar-refractivity contribution in [3.05, 3.63) is 107 Å². The van der Waals surface area contributed by atoms with Crippen molar-refractivity contribution in [3.63, 3.8) is 0 Å². The first-order valence-electron chi connectivity index (χ1n) is 13.8. The van der Waals surface area contributed by atoms with Crippen molar-refractivity contribution in [2.75, 3.05) is 0 Å². The topological polar surface area (TPSA) is 87.7 Å². The molecule has 0 radical (unpaired) electrons. The zero-order valence-electron chi connectivity index (χ0n) is 23.7. The molecule has 1 aliphatic rings. The first kappa shape index (κ1) is 28.9. The highest BCUT2D eigenvalue weighted by molar-refractivity contribution is 5.92. The van der Waals surface area contributed by atoms with Gasteiger partial charge in [0.15, 0.2) is 0 Å². The third kappa shape index (κ3) is 8.18. The lowest BCUT2D eigenvalue weighted by molar-refractivity contribution is -0.143. The molecule has 2 atom stereocenters. The first-order valence-corrected chi connectivity index (χ1v) is 13.8. The molecule has 7 heteroatoms. The third-order valence-electron chi connectivity index (χ3n) is 6.70. The molecule has 0 aromatic heterocycles. The van der Waals surface area contributed by atoms with E-state index >= 15 is 0 Å². The maximum atomic E-state index is 14.4. The second-order valence-electron chi connectivity index (χ2n) is 11.4. The normalized spacial score (nSPS) is 14.5. The fourth-order valence-electron chi connectivity index (χ4n) is 4.62. The quantitative estimate of drug-likeness (QED) is 0.356. The Morgan fingerprint density at radius 2 is 1.45 bits per heavy atom. The molecule has 0 bridgehead atoms. The lowest BCUT2D eigenvalue weighted by Crippen LogP contribution is -2.54. The van der Waals surface area contributed by atoms with Crippen molar-refractivity contribution in [2.24, 2.45) is 0 Å². The first-order chi connectivity index (χ1) is 19.1. The van der Waals surface area contributed by atoms with E-state index in [2.05, 4.69) is 10.6 Å². The molecule has 3 aromatic carbocycles. The van der Waals surface area contributed by atoms with Gasteiger partial charge in [-0.1, -0.05) is 90.5 Å². The maximum Gasteiger partial charge on any atom is 0.408 e. The van der Waals surface area contributed by atoms with Gasteiger partial charge in [-0.05, 0) is 57.2 Å². The van der Waals surface area contributed by atoms with Gasteiger partial charge in [0.05, 0.1) is 0 Å². The van der Waals surface area contributed by atoms with Crippen LogP contribution in [0.25, 0.3) is 0 Å². The van der Waals surface area contributed by atoms with Gasteiger partial charge in [0.2, 0.25) is 11.8 Å². The Hall–Kier alpha value is -4.13. The average Bonchev–Trinajstić information content (AvgIpc) is 3.76. The lowest BCUT2D eigenvalue weighted by atomic mass is 9.99. The predicted molar refractivity (Wildman–Crippen MR) is 155 cm³/mol. The summed E-state index contributed by atoms with van der Waals surface area (Å²) in [6.07, 6.45) is 1.20. The van der Waals surface area contributed by atoms with Crippen LogP contribution in [0.5, 0.6) is 0 Å². The van der Waals surface area contributed by atoms with E-state index in [1.54, 1.807) is 25.7 Å². The summed E-state index contributed by atoms with van der Waals surface area (Å²) in [7, 11) is 0. The molecule has 0 spiro atoms. The van der Waals surface area contributed by atoms with E-state index in [1.807, 2.05) is 91.9 Å². The third-order valence-corrected chi connectivity index (χ3v) is 6.70. The van der Waals surface area contributed by atoms with Gasteiger partial charge < -0.3 is 20.3 Å². The van der Waals surface area contributed by atoms with E-state index in [0.717, 1.165) is 35.1 Å². The van der Waals surface area contributed by atoms with Crippen molar-refractivity contribution < 1.29 is 19.1 Å². The molecule has 4 rings (SSSR count). The van der Waals surface area contributed by atoms with Crippen LogP contribution in [-0.4, -0.2) is 40.5 Å². The molecule has 3 aromatic rings. The van der Waals surface area contributed by atoms with Crippen molar-refractivity contribution in [1.82, 2.24) is 15.5 Å². The van der Waals surface area contributed by atoms with Crippen LogP contribution in [0.15, 0.2) is 84.9 Å². The largest absolute Gasteiger partial charge is 0.444 e. The minimum Gasteiger partial charge on any atom is -0.444 e. The smallest absolute Gasteiger partial charge is 0.408 e. The Morgan fingerprint density at radius 1 is 0.875 bits per heavy atom. The molecule has 2 unspecified atom stereocenters. The number of aryl methyl sites for hydroxylation is 1. The van der Waals surface area contributed by atoms with Crippen LogP contribution in [0, 0.1) is 6.92 Å². The fraction of sp³-hybridized carbons (Fsp3) is 0.364. The molecule has 0 heterocycles. The van der Waals surface area contributed by atoms with E-state index in [-0.39, 0.29) is 24.3 Å². The summed E-state index contributed by atoms with van der Waals surface area (Å²) in [5.74, 6) is -0.568. The number of benzene rings is 3. The van der Waals surface area contributed by atoms with Crippen molar-refractivity contribution >= 4 is 17.9 Å². The van der Waals surface area contributed by atoms with Gasteiger partial charge in [0, 0.05) is 19.0 Å². The van der Waals surface area contributed by atoms with Gasteiger partial charge in [-0.15, -0.1) is 0 Å². The summed E-state index contributed by atoms with van der Waals surface area (Å²) in [5.41, 5.74) is 2.93. The molecule has 1 fully saturated rings. The number of nitrogens with one attached hydrogen (secondary N) is 2. The van der Waals surface area contributed by atoms with Gasteiger partial charge in [0.25, 0.3) is 0 Å². The number of amides is 3. The highest BCUT2D eigenvalue weighted by atomic mass is 16.6. The highest BCUT2D eigenvalue weighted by Crippen LogP contribution is 2.36. The van der Waals surface area contributed by atoms with E-state index in [9.17, 15) is 14.4 Å². The SMILES string of the molecule is Cc1ccc(C(C(=O)NCc2ccccc2)N(C(=O)C(Cc2ccccc2)NC(=O)OC(C)(C)C)C2CC2)cc1. The molecular weight excluding hydrogens is 502 g/mol. The van der Waals surface area contributed by atoms with Crippen LogP contribution in [0.4, 0.5) is 4.79 Å². The van der Waals surface area contributed by atoms with Gasteiger partial charge in [-0.2, -0.15) is 0 Å². The Labute approximate surface area is 236 Å². The maximum absolute atomic E-state index is 14.4. The molecule has 0 saturated heterocycles. The summed E-state index contributed by atoms with van der Waals surface area (Å²) < 4.78 is 5.51. The minimum atomic E-state index is -0.910. The van der Waals surface area contributed by atoms with Gasteiger partial charge >= 0.3 is 6.09 Å². The summed E-state index contributed by atoms with van der Waals surface area (Å²) in [5, 5.41) is 5.86. The van der Waals surface area contributed by atoms with Crippen molar-refractivity contribution in [1.29, 1.82) is 0 Å². The van der Waals surface area contributed by atoms with Crippen LogP contribution in [-0.2, 0) is 27.3 Å². The molecular formula is C33H39N3O4. The fourth-order valence-corrected chi connectivity index (χ4v) is 4.62. The zero-order chi connectivity index (χ0) is 28.7. The standard InChI is InChI=1S/C33H39N3O4/c1-23-15-17-26(18-16-23)29(30(37)34-22-25-13-9-6-10-14-25)36(27-19-20-27)31(38)28(21-24-11-7-5-8-12-24)35-32(39)40-33(2,3)4/h5-18,27-29H,19-22H2,1-4H3,(H,34,37)(H,35,39). The second-order valence-corrected chi connectivity index (χ2v) is 11.4. The van der Waals surface area contributed by atoms with Crippen molar-refractivity contribution in [3.8, 4) is 0 Å². The average molecular weight is 542 g/mol. The molecule has 0 aliphatic heterocycles. The Morgan fingerprint density at radius 3 is 2.00 bits per heavy atom. The predicted octanol–water partition coefficient (Wildman–Crippen LogP) is 5.48. The Bertz CT molecular complexity index is 1280. The number of rotatable bonds is 10. The molecule has 2 N–H and O–H groups in total. The van der Waals surface area contributed by atoms with Crippen LogP contribution in [0.3, 0.4) is 0 Å². The zero-order valence-corrected chi connectivity index (χ0v) is 23.7. The summed E-state index contributed by atoms with van der Waals surface area (Å²) in [6, 6.07) is 25.1. The molecule has 7 nitrogen and oxygen atoms in total. The van der Waals surface area contributed by atoms with Gasteiger partial charge in [-0.25, -0.2) is 4.79 Å². The van der Waals surface area contributed by atoms with Crippen LogP contribution in [0.2, 0.25) is 0 Å². The monoisotopic (exact) mass is 541 g/mol.